The van der Waals surface area contributed by atoms with Gasteiger partial charge in [0, 0.05) is 13.1 Å². The van der Waals surface area contributed by atoms with Crippen molar-refractivity contribution in [2.75, 3.05) is 13.1 Å². The van der Waals surface area contributed by atoms with Crippen LogP contribution in [0.3, 0.4) is 0 Å². The first kappa shape index (κ1) is 13.2. The Morgan fingerprint density at radius 2 is 1.87 bits per heavy atom. The molecule has 0 spiro atoms. The van der Waals surface area contributed by atoms with Crippen molar-refractivity contribution < 1.29 is 4.53 Å². The molecule has 1 fully saturated rings. The van der Waals surface area contributed by atoms with Gasteiger partial charge in [0.1, 0.15) is 0 Å². The summed E-state index contributed by atoms with van der Waals surface area (Å²) < 4.78 is 6.29. The summed E-state index contributed by atoms with van der Waals surface area (Å²) in [7, 11) is -1.60. The zero-order chi connectivity index (χ0) is 11.7. The molecule has 0 N–H and O–H groups in total. The van der Waals surface area contributed by atoms with Gasteiger partial charge >= 0.3 is 0 Å². The van der Waals surface area contributed by atoms with E-state index in [4.69, 9.17) is 4.53 Å². The van der Waals surface area contributed by atoms with E-state index in [-0.39, 0.29) is 0 Å². The Kier molecular flexibility index (Phi) is 4.01. The lowest BCUT2D eigenvalue weighted by atomic mass is 10.0. The maximum absolute atomic E-state index is 6.29. The van der Waals surface area contributed by atoms with Crippen molar-refractivity contribution in [1.82, 2.24) is 5.06 Å². The maximum atomic E-state index is 6.29. The number of nitrogens with zero attached hydrogens (tertiary/aromatic N) is 1. The lowest BCUT2D eigenvalue weighted by molar-refractivity contribution is -0.0985. The van der Waals surface area contributed by atoms with Crippen molar-refractivity contribution in [3.63, 3.8) is 0 Å². The highest BCUT2D eigenvalue weighted by atomic mass is 28.4. The Hall–Kier alpha value is 0.137. The molecule has 1 heterocycles. The quantitative estimate of drug-likeness (QED) is 0.670. The molecule has 1 atom stereocenters. The maximum Gasteiger partial charge on any atom is 0.220 e. The molecule has 0 amide bonds. The molecule has 15 heavy (non-hydrogen) atoms. The molecule has 1 aliphatic heterocycles. The van der Waals surface area contributed by atoms with Crippen LogP contribution < -0.4 is 0 Å². The Morgan fingerprint density at radius 3 is 2.33 bits per heavy atom. The van der Waals surface area contributed by atoms with Crippen molar-refractivity contribution in [2.24, 2.45) is 5.92 Å². The largest absolute Gasteiger partial charge is 0.342 e. The third-order valence-corrected chi connectivity index (χ3v) is 8.11. The number of hydroxylamine groups is 2. The highest BCUT2D eigenvalue weighted by Crippen LogP contribution is 2.37. The van der Waals surface area contributed by atoms with E-state index in [2.05, 4.69) is 45.9 Å². The van der Waals surface area contributed by atoms with Crippen molar-refractivity contribution >= 4 is 8.32 Å². The molecule has 1 aliphatic rings. The van der Waals surface area contributed by atoms with E-state index in [0.717, 1.165) is 19.0 Å². The highest BCUT2D eigenvalue weighted by molar-refractivity contribution is 6.74. The van der Waals surface area contributed by atoms with Gasteiger partial charge in [-0.05, 0) is 36.9 Å². The van der Waals surface area contributed by atoms with Gasteiger partial charge in [-0.1, -0.05) is 27.7 Å². The van der Waals surface area contributed by atoms with E-state index in [1.807, 2.05) is 0 Å². The zero-order valence-electron chi connectivity index (χ0n) is 11.3. The number of hydrogen-bond donors (Lipinski definition) is 0. The van der Waals surface area contributed by atoms with Crippen LogP contribution in [0, 0.1) is 5.92 Å². The van der Waals surface area contributed by atoms with Crippen molar-refractivity contribution in [3.05, 3.63) is 0 Å². The summed E-state index contributed by atoms with van der Waals surface area (Å²) in [6, 6.07) is 0. The number of piperidine rings is 1. The first-order chi connectivity index (χ1) is 6.72. The summed E-state index contributed by atoms with van der Waals surface area (Å²) in [6.07, 6.45) is 2.65. The smallest absolute Gasteiger partial charge is 0.220 e. The normalized spacial score (nSPS) is 25.6. The summed E-state index contributed by atoms with van der Waals surface area (Å²) >= 11 is 0. The van der Waals surface area contributed by atoms with E-state index in [1.165, 1.54) is 12.8 Å². The molecule has 0 aromatic heterocycles. The minimum absolute atomic E-state index is 0.313. The predicted molar refractivity (Wildman–Crippen MR) is 68.3 cm³/mol. The first-order valence-electron chi connectivity index (χ1n) is 6.16. The van der Waals surface area contributed by atoms with E-state index < -0.39 is 8.32 Å². The molecule has 0 saturated carbocycles. The summed E-state index contributed by atoms with van der Waals surface area (Å²) in [4.78, 5) is 0. The second kappa shape index (κ2) is 4.56. The fourth-order valence-electron chi connectivity index (χ4n) is 1.69. The van der Waals surface area contributed by atoms with Crippen LogP contribution in [0.5, 0.6) is 0 Å². The molecule has 2 nitrogen and oxygen atoms in total. The van der Waals surface area contributed by atoms with Gasteiger partial charge in [0.05, 0.1) is 0 Å². The SMILES string of the molecule is CC1CCCN(O[Si](C)(C)C(C)(C)C)C1. The van der Waals surface area contributed by atoms with Gasteiger partial charge in [0.25, 0.3) is 0 Å². The fraction of sp³-hybridized carbons (Fsp3) is 1.00. The Labute approximate surface area is 96.1 Å². The lowest BCUT2D eigenvalue weighted by Crippen LogP contribution is -2.49. The summed E-state index contributed by atoms with van der Waals surface area (Å²) in [6.45, 7) is 16.1. The molecular formula is C12H27NOSi. The molecule has 0 aliphatic carbocycles. The Morgan fingerprint density at radius 1 is 1.27 bits per heavy atom. The third kappa shape index (κ3) is 3.57. The summed E-state index contributed by atoms with van der Waals surface area (Å²) in [5.74, 6) is 0.795. The standard InChI is InChI=1S/C12H27NOSi/c1-11-8-7-9-13(10-11)14-15(5,6)12(2,3)4/h11H,7-10H2,1-6H3. The van der Waals surface area contributed by atoms with E-state index >= 15 is 0 Å². The molecule has 90 valence electrons. The van der Waals surface area contributed by atoms with Gasteiger partial charge in [0.15, 0.2) is 0 Å². The van der Waals surface area contributed by atoms with Crippen LogP contribution in [0.2, 0.25) is 18.1 Å². The van der Waals surface area contributed by atoms with Crippen LogP contribution in [0.1, 0.15) is 40.5 Å². The minimum Gasteiger partial charge on any atom is -0.342 e. The molecule has 1 saturated heterocycles. The van der Waals surface area contributed by atoms with Gasteiger partial charge in [-0.3, -0.25) is 0 Å². The van der Waals surface area contributed by atoms with Crippen LogP contribution >= 0.6 is 0 Å². The second-order valence-corrected chi connectivity index (χ2v) is 11.2. The van der Waals surface area contributed by atoms with Gasteiger partial charge in [-0.2, -0.15) is 0 Å². The summed E-state index contributed by atoms with van der Waals surface area (Å²) in [5.41, 5.74) is 0. The number of rotatable bonds is 2. The van der Waals surface area contributed by atoms with Crippen LogP contribution in [-0.4, -0.2) is 26.5 Å². The van der Waals surface area contributed by atoms with Crippen molar-refractivity contribution in [3.8, 4) is 0 Å². The Bertz CT molecular complexity index is 210. The van der Waals surface area contributed by atoms with Crippen LogP contribution in [-0.2, 0) is 4.53 Å². The molecule has 0 bridgehead atoms. The third-order valence-electron chi connectivity index (χ3n) is 3.78. The molecule has 1 rings (SSSR count). The molecular weight excluding hydrogens is 202 g/mol. The second-order valence-electron chi connectivity index (χ2n) is 6.49. The average Bonchev–Trinajstić information content (AvgIpc) is 2.00. The van der Waals surface area contributed by atoms with Crippen LogP contribution in [0.4, 0.5) is 0 Å². The monoisotopic (exact) mass is 229 g/mol. The van der Waals surface area contributed by atoms with Crippen LogP contribution in [0.15, 0.2) is 0 Å². The van der Waals surface area contributed by atoms with E-state index in [1.54, 1.807) is 0 Å². The highest BCUT2D eigenvalue weighted by Gasteiger charge is 2.40. The minimum atomic E-state index is -1.60. The lowest BCUT2D eigenvalue weighted by Gasteiger charge is -2.42. The topological polar surface area (TPSA) is 12.5 Å². The molecule has 0 radical (unpaired) electrons. The molecule has 0 aromatic rings. The Balaban J connectivity index is 2.53. The van der Waals surface area contributed by atoms with Crippen LogP contribution in [0.25, 0.3) is 0 Å². The predicted octanol–water partition coefficient (Wildman–Crippen LogP) is 3.66. The first-order valence-corrected chi connectivity index (χ1v) is 9.07. The van der Waals surface area contributed by atoms with Gasteiger partial charge < -0.3 is 4.53 Å². The summed E-state index contributed by atoms with van der Waals surface area (Å²) in [5, 5.41) is 2.54. The molecule has 3 heteroatoms. The fourth-order valence-corrected chi connectivity index (χ4v) is 2.77. The van der Waals surface area contributed by atoms with Crippen molar-refractivity contribution in [2.45, 2.75) is 58.7 Å². The molecule has 1 unspecified atom stereocenters. The zero-order valence-corrected chi connectivity index (χ0v) is 12.3. The van der Waals surface area contributed by atoms with Crippen molar-refractivity contribution in [1.29, 1.82) is 0 Å². The van der Waals surface area contributed by atoms with Gasteiger partial charge in [0.2, 0.25) is 8.32 Å². The molecule has 0 aromatic carbocycles. The van der Waals surface area contributed by atoms with E-state index in [9.17, 15) is 0 Å². The van der Waals surface area contributed by atoms with Gasteiger partial charge in [-0.25, -0.2) is 5.06 Å². The average molecular weight is 229 g/mol. The van der Waals surface area contributed by atoms with Gasteiger partial charge in [-0.15, -0.1) is 0 Å². The number of hydrogen-bond acceptors (Lipinski definition) is 2. The van der Waals surface area contributed by atoms with E-state index in [0.29, 0.717) is 5.04 Å².